The van der Waals surface area contributed by atoms with Gasteiger partial charge in [-0.15, -0.1) is 0 Å². The average molecular weight is 265 g/mol. The van der Waals surface area contributed by atoms with E-state index in [0.29, 0.717) is 6.42 Å². The summed E-state index contributed by atoms with van der Waals surface area (Å²) in [7, 11) is 1.48. The van der Waals surface area contributed by atoms with Crippen LogP contribution in [-0.4, -0.2) is 18.7 Å². The molecule has 4 heteroatoms. The highest BCUT2D eigenvalue weighted by atomic mass is 19.1. The Kier molecular flexibility index (Phi) is 4.81. The topological polar surface area (TPSA) is 37.4 Å². The Balaban J connectivity index is 2.69. The van der Waals surface area contributed by atoms with Gasteiger partial charge in [0.15, 0.2) is 0 Å². The first-order valence-corrected chi connectivity index (χ1v) is 6.23. The molecule has 0 aliphatic rings. The van der Waals surface area contributed by atoms with Crippen LogP contribution in [0, 0.1) is 11.2 Å². The van der Waals surface area contributed by atoms with Crippen molar-refractivity contribution in [3.8, 4) is 0 Å². The molecule has 104 valence electrons. The summed E-state index contributed by atoms with van der Waals surface area (Å²) in [4.78, 5) is 24.9. The first-order valence-electron chi connectivity index (χ1n) is 6.23. The standard InChI is InChI=1S/C15H20FNO2/c1-15(2,3)10-11(18)9-14(19)17(4)13-8-6-5-7-12(13)16/h5-8H,9-10H2,1-4H3. The molecule has 0 aliphatic carbocycles. The number of nitrogens with zero attached hydrogens (tertiary/aromatic N) is 1. The summed E-state index contributed by atoms with van der Waals surface area (Å²) in [6.07, 6.45) is 0.145. The van der Waals surface area contributed by atoms with Crippen molar-refractivity contribution in [1.82, 2.24) is 0 Å². The Morgan fingerprint density at radius 1 is 1.21 bits per heavy atom. The number of halogens is 1. The zero-order valence-corrected chi connectivity index (χ0v) is 11.9. The van der Waals surface area contributed by atoms with Gasteiger partial charge in [0.05, 0.1) is 12.1 Å². The number of carbonyl (C=O) groups is 2. The molecule has 0 bridgehead atoms. The molecule has 1 aromatic carbocycles. The number of hydrogen-bond acceptors (Lipinski definition) is 2. The van der Waals surface area contributed by atoms with E-state index in [1.807, 2.05) is 20.8 Å². The smallest absolute Gasteiger partial charge is 0.234 e. The third kappa shape index (κ3) is 4.81. The number of rotatable bonds is 4. The number of para-hydroxylation sites is 1. The number of anilines is 1. The third-order valence-electron chi connectivity index (χ3n) is 2.66. The second-order valence-corrected chi connectivity index (χ2v) is 5.86. The average Bonchev–Trinajstić information content (AvgIpc) is 2.26. The minimum atomic E-state index is -0.471. The van der Waals surface area contributed by atoms with Gasteiger partial charge in [-0.25, -0.2) is 4.39 Å². The number of carbonyl (C=O) groups excluding carboxylic acids is 2. The van der Waals surface area contributed by atoms with Crippen LogP contribution in [0.4, 0.5) is 10.1 Å². The van der Waals surface area contributed by atoms with Gasteiger partial charge in [0, 0.05) is 13.5 Å². The first kappa shape index (κ1) is 15.3. The van der Waals surface area contributed by atoms with Crippen molar-refractivity contribution in [2.45, 2.75) is 33.6 Å². The quantitative estimate of drug-likeness (QED) is 0.784. The molecule has 0 saturated carbocycles. The zero-order chi connectivity index (χ0) is 14.6. The summed E-state index contributed by atoms with van der Waals surface area (Å²) in [5.41, 5.74) is 0.0459. The van der Waals surface area contributed by atoms with Crippen LogP contribution in [0.1, 0.15) is 33.6 Å². The van der Waals surface area contributed by atoms with E-state index in [1.54, 1.807) is 12.1 Å². The molecule has 0 N–H and O–H groups in total. The predicted octanol–water partition coefficient (Wildman–Crippen LogP) is 3.18. The molecule has 0 aliphatic heterocycles. The van der Waals surface area contributed by atoms with Gasteiger partial charge in [0.2, 0.25) is 5.91 Å². The number of ketones is 1. The molecule has 3 nitrogen and oxygen atoms in total. The van der Waals surface area contributed by atoms with E-state index in [1.165, 1.54) is 24.1 Å². The van der Waals surface area contributed by atoms with Gasteiger partial charge in [-0.3, -0.25) is 9.59 Å². The van der Waals surface area contributed by atoms with E-state index in [2.05, 4.69) is 0 Å². The largest absolute Gasteiger partial charge is 0.312 e. The molecule has 1 rings (SSSR count). The Morgan fingerprint density at radius 2 is 1.79 bits per heavy atom. The molecule has 0 heterocycles. The van der Waals surface area contributed by atoms with Gasteiger partial charge in [0.1, 0.15) is 11.6 Å². The van der Waals surface area contributed by atoms with Crippen molar-refractivity contribution in [2.24, 2.45) is 5.41 Å². The SMILES string of the molecule is CN(C(=O)CC(=O)CC(C)(C)C)c1ccccc1F. The summed E-state index contributed by atoms with van der Waals surface area (Å²) >= 11 is 0. The van der Waals surface area contributed by atoms with Crippen LogP contribution >= 0.6 is 0 Å². The molecule has 19 heavy (non-hydrogen) atoms. The third-order valence-corrected chi connectivity index (χ3v) is 2.66. The molecule has 0 atom stereocenters. The van der Waals surface area contributed by atoms with Crippen molar-refractivity contribution in [1.29, 1.82) is 0 Å². The van der Waals surface area contributed by atoms with Crippen LogP contribution in [0.5, 0.6) is 0 Å². The Morgan fingerprint density at radius 3 is 2.32 bits per heavy atom. The second kappa shape index (κ2) is 5.95. The molecule has 0 fully saturated rings. The van der Waals surface area contributed by atoms with Crippen LogP contribution in [0.25, 0.3) is 0 Å². The van der Waals surface area contributed by atoms with E-state index in [-0.39, 0.29) is 29.2 Å². The highest BCUT2D eigenvalue weighted by Gasteiger charge is 2.21. The van der Waals surface area contributed by atoms with Gasteiger partial charge < -0.3 is 4.90 Å². The monoisotopic (exact) mass is 265 g/mol. The van der Waals surface area contributed by atoms with Crippen LogP contribution in [0.2, 0.25) is 0 Å². The Hall–Kier alpha value is -1.71. The molecule has 1 aromatic rings. The molecule has 1 amide bonds. The lowest BCUT2D eigenvalue weighted by atomic mass is 9.89. The Bertz CT molecular complexity index is 477. The van der Waals surface area contributed by atoms with Crippen molar-refractivity contribution in [3.63, 3.8) is 0 Å². The fraction of sp³-hybridized carbons (Fsp3) is 0.467. The maximum atomic E-state index is 13.5. The highest BCUT2D eigenvalue weighted by molar-refractivity contribution is 6.05. The summed E-state index contributed by atoms with van der Waals surface area (Å²) in [5.74, 6) is -0.985. The maximum Gasteiger partial charge on any atom is 0.234 e. The zero-order valence-electron chi connectivity index (χ0n) is 11.9. The lowest BCUT2D eigenvalue weighted by Crippen LogP contribution is -2.30. The lowest BCUT2D eigenvalue weighted by Gasteiger charge is -2.20. The lowest BCUT2D eigenvalue weighted by molar-refractivity contribution is -0.127. The molecular formula is C15H20FNO2. The van der Waals surface area contributed by atoms with Crippen molar-refractivity contribution in [2.75, 3.05) is 11.9 Å². The number of hydrogen-bond donors (Lipinski definition) is 0. The van der Waals surface area contributed by atoms with E-state index in [9.17, 15) is 14.0 Å². The van der Waals surface area contributed by atoms with Gasteiger partial charge in [-0.2, -0.15) is 0 Å². The maximum absolute atomic E-state index is 13.5. The predicted molar refractivity (Wildman–Crippen MR) is 73.5 cm³/mol. The molecular weight excluding hydrogens is 245 g/mol. The van der Waals surface area contributed by atoms with Crippen molar-refractivity contribution >= 4 is 17.4 Å². The fourth-order valence-electron chi connectivity index (χ4n) is 1.80. The molecule has 0 saturated heterocycles. The summed E-state index contributed by atoms with van der Waals surface area (Å²) in [6.45, 7) is 5.82. The summed E-state index contributed by atoms with van der Waals surface area (Å²) in [5, 5.41) is 0. The number of amides is 1. The molecule has 0 spiro atoms. The van der Waals surface area contributed by atoms with E-state index < -0.39 is 5.82 Å². The van der Waals surface area contributed by atoms with Crippen molar-refractivity contribution < 1.29 is 14.0 Å². The van der Waals surface area contributed by atoms with Crippen LogP contribution in [0.15, 0.2) is 24.3 Å². The van der Waals surface area contributed by atoms with E-state index >= 15 is 0 Å². The van der Waals surface area contributed by atoms with E-state index in [4.69, 9.17) is 0 Å². The van der Waals surface area contributed by atoms with Crippen LogP contribution in [-0.2, 0) is 9.59 Å². The van der Waals surface area contributed by atoms with Gasteiger partial charge in [-0.05, 0) is 17.5 Å². The van der Waals surface area contributed by atoms with Gasteiger partial charge in [0.25, 0.3) is 0 Å². The minimum Gasteiger partial charge on any atom is -0.312 e. The first-order chi connectivity index (χ1) is 8.70. The minimum absolute atomic E-state index is 0.124. The summed E-state index contributed by atoms with van der Waals surface area (Å²) in [6, 6.07) is 6.01. The van der Waals surface area contributed by atoms with Gasteiger partial charge >= 0.3 is 0 Å². The highest BCUT2D eigenvalue weighted by Crippen LogP contribution is 2.21. The number of Topliss-reactive ketones (excluding diaryl/α,β-unsaturated/α-hetero) is 1. The normalized spacial score (nSPS) is 11.2. The van der Waals surface area contributed by atoms with E-state index in [0.717, 1.165) is 0 Å². The number of benzene rings is 1. The van der Waals surface area contributed by atoms with Crippen molar-refractivity contribution in [3.05, 3.63) is 30.1 Å². The molecule has 0 radical (unpaired) electrons. The van der Waals surface area contributed by atoms with Gasteiger partial charge in [-0.1, -0.05) is 32.9 Å². The fourth-order valence-corrected chi connectivity index (χ4v) is 1.80. The molecule has 0 unspecified atom stereocenters. The second-order valence-electron chi connectivity index (χ2n) is 5.86. The molecule has 0 aromatic heterocycles. The summed E-state index contributed by atoms with van der Waals surface area (Å²) < 4.78 is 13.5. The van der Waals surface area contributed by atoms with Crippen LogP contribution in [0.3, 0.4) is 0 Å². The Labute approximate surface area is 113 Å². The van der Waals surface area contributed by atoms with Crippen LogP contribution < -0.4 is 4.90 Å².